The molecule has 2 aliphatic heterocycles. The summed E-state index contributed by atoms with van der Waals surface area (Å²) in [6.45, 7) is 2.12. The lowest BCUT2D eigenvalue weighted by Gasteiger charge is -2.42. The van der Waals surface area contributed by atoms with Crippen molar-refractivity contribution in [3.63, 3.8) is 0 Å². The molecule has 0 aliphatic carbocycles. The van der Waals surface area contributed by atoms with Gasteiger partial charge in [0.25, 0.3) is 0 Å². The average Bonchev–Trinajstić information content (AvgIpc) is 2.61. The number of benzene rings is 1. The maximum Gasteiger partial charge on any atom is 0.233 e. The Hall–Kier alpha value is -1.15. The molecule has 0 aromatic heterocycles. The summed E-state index contributed by atoms with van der Waals surface area (Å²) in [5.41, 5.74) is 0.323. The molecule has 1 atom stereocenters. The van der Waals surface area contributed by atoms with E-state index >= 15 is 0 Å². The summed E-state index contributed by atoms with van der Waals surface area (Å²) in [6, 6.07) is 7.23. The molecule has 144 valence electrons. The van der Waals surface area contributed by atoms with Crippen LogP contribution in [0.1, 0.15) is 31.2 Å². The molecule has 3 rings (SSSR count). The average molecular weight is 401 g/mol. The number of ether oxygens (including phenoxy) is 1. The summed E-state index contributed by atoms with van der Waals surface area (Å²) in [5, 5.41) is 0.638. The Kier molecular flexibility index (Phi) is 5.91. The normalized spacial score (nSPS) is 23.6. The molecular weight excluding hydrogens is 376 g/mol. The Morgan fingerprint density at radius 1 is 1.27 bits per heavy atom. The highest BCUT2D eigenvalue weighted by Crippen LogP contribution is 2.38. The van der Waals surface area contributed by atoms with Crippen LogP contribution < -0.4 is 4.72 Å². The highest BCUT2D eigenvalue weighted by Gasteiger charge is 2.45. The first kappa shape index (κ1) is 19.6. The first-order chi connectivity index (χ1) is 12.3. The quantitative estimate of drug-likeness (QED) is 0.837. The Labute approximate surface area is 159 Å². The molecule has 8 heteroatoms. The third-order valence-corrected chi connectivity index (χ3v) is 6.26. The third kappa shape index (κ3) is 4.39. The minimum absolute atomic E-state index is 0.0584. The summed E-state index contributed by atoms with van der Waals surface area (Å²) in [7, 11) is -3.29. The Morgan fingerprint density at radius 3 is 2.54 bits per heavy atom. The van der Waals surface area contributed by atoms with E-state index in [0.717, 1.165) is 24.7 Å². The lowest BCUT2D eigenvalue weighted by atomic mass is 9.72. The topological polar surface area (TPSA) is 75.7 Å². The minimum atomic E-state index is -3.29. The van der Waals surface area contributed by atoms with Crippen LogP contribution in [0.2, 0.25) is 5.02 Å². The van der Waals surface area contributed by atoms with E-state index in [9.17, 15) is 13.2 Å². The predicted octanol–water partition coefficient (Wildman–Crippen LogP) is 1.93. The van der Waals surface area contributed by atoms with E-state index in [-0.39, 0.29) is 11.9 Å². The van der Waals surface area contributed by atoms with Crippen LogP contribution in [-0.4, -0.2) is 57.8 Å². The molecule has 2 saturated heterocycles. The standard InChI is InChI=1S/C18H25ClN2O4S/c1-26(23,24)20-16-3-2-10-21(13-16)17(22)18(8-11-25-12-9-18)14-4-6-15(19)7-5-14/h4-7,16,20H,2-3,8-13H2,1H3. The fourth-order valence-corrected chi connectivity index (χ4v) is 4.90. The van der Waals surface area contributed by atoms with Crippen molar-refractivity contribution in [1.82, 2.24) is 9.62 Å². The zero-order valence-corrected chi connectivity index (χ0v) is 16.5. The van der Waals surface area contributed by atoms with Gasteiger partial charge in [0, 0.05) is 37.4 Å². The second-order valence-corrected chi connectivity index (χ2v) is 9.40. The van der Waals surface area contributed by atoms with Gasteiger partial charge in [-0.25, -0.2) is 13.1 Å². The van der Waals surface area contributed by atoms with Gasteiger partial charge in [-0.1, -0.05) is 23.7 Å². The van der Waals surface area contributed by atoms with Crippen LogP contribution >= 0.6 is 11.6 Å². The fourth-order valence-electron chi connectivity index (χ4n) is 3.98. The van der Waals surface area contributed by atoms with Gasteiger partial charge in [-0.3, -0.25) is 4.79 Å². The van der Waals surface area contributed by atoms with Gasteiger partial charge in [0.05, 0.1) is 11.7 Å². The van der Waals surface area contributed by atoms with Crippen LogP contribution in [0.4, 0.5) is 0 Å². The lowest BCUT2D eigenvalue weighted by molar-refractivity contribution is -0.142. The first-order valence-corrected chi connectivity index (χ1v) is 11.2. The zero-order chi connectivity index (χ0) is 18.8. The molecule has 1 unspecified atom stereocenters. The fraction of sp³-hybridized carbons (Fsp3) is 0.611. The Morgan fingerprint density at radius 2 is 1.92 bits per heavy atom. The van der Waals surface area contributed by atoms with Gasteiger partial charge in [-0.2, -0.15) is 0 Å². The van der Waals surface area contributed by atoms with Gasteiger partial charge < -0.3 is 9.64 Å². The number of hydrogen-bond donors (Lipinski definition) is 1. The van der Waals surface area contributed by atoms with Crippen LogP contribution in [0.25, 0.3) is 0 Å². The lowest BCUT2D eigenvalue weighted by Crippen LogP contribution is -2.56. The van der Waals surface area contributed by atoms with Crippen LogP contribution in [0, 0.1) is 0 Å². The third-order valence-electron chi connectivity index (χ3n) is 5.24. The molecular formula is C18H25ClN2O4S. The van der Waals surface area contributed by atoms with Gasteiger partial charge in [-0.15, -0.1) is 0 Å². The molecule has 0 saturated carbocycles. The van der Waals surface area contributed by atoms with Crippen molar-refractivity contribution in [1.29, 1.82) is 0 Å². The SMILES string of the molecule is CS(=O)(=O)NC1CCCN(C(=O)C2(c3ccc(Cl)cc3)CCOCC2)C1. The molecule has 1 aromatic carbocycles. The predicted molar refractivity (Wildman–Crippen MR) is 101 cm³/mol. The maximum atomic E-state index is 13.5. The van der Waals surface area contributed by atoms with Gasteiger partial charge in [0.1, 0.15) is 0 Å². The monoisotopic (exact) mass is 400 g/mol. The molecule has 1 amide bonds. The molecule has 0 bridgehead atoms. The van der Waals surface area contributed by atoms with Crippen molar-refractivity contribution < 1.29 is 17.9 Å². The van der Waals surface area contributed by atoms with E-state index in [0.29, 0.717) is 44.2 Å². The molecule has 1 N–H and O–H groups in total. The number of halogens is 1. The van der Waals surface area contributed by atoms with E-state index in [1.807, 2.05) is 29.2 Å². The van der Waals surface area contributed by atoms with Crippen LogP contribution in [0.5, 0.6) is 0 Å². The van der Waals surface area contributed by atoms with Crippen molar-refractivity contribution >= 4 is 27.5 Å². The Balaban J connectivity index is 1.84. The van der Waals surface area contributed by atoms with Gasteiger partial charge in [-0.05, 0) is 43.4 Å². The molecule has 2 heterocycles. The first-order valence-electron chi connectivity index (χ1n) is 8.91. The van der Waals surface area contributed by atoms with E-state index in [2.05, 4.69) is 4.72 Å². The molecule has 0 radical (unpaired) electrons. The van der Waals surface area contributed by atoms with Crippen molar-refractivity contribution in [2.45, 2.75) is 37.1 Å². The molecule has 6 nitrogen and oxygen atoms in total. The molecule has 0 spiro atoms. The number of sulfonamides is 1. The summed E-state index contributed by atoms with van der Waals surface area (Å²) in [6.07, 6.45) is 3.92. The second kappa shape index (κ2) is 7.84. The van der Waals surface area contributed by atoms with Crippen molar-refractivity contribution in [3.8, 4) is 0 Å². The van der Waals surface area contributed by atoms with Crippen LogP contribution in [0.3, 0.4) is 0 Å². The number of nitrogens with one attached hydrogen (secondary N) is 1. The van der Waals surface area contributed by atoms with Crippen LogP contribution in [-0.2, 0) is 25.0 Å². The van der Waals surface area contributed by atoms with Crippen molar-refractivity contribution in [3.05, 3.63) is 34.9 Å². The maximum absolute atomic E-state index is 13.5. The second-order valence-electron chi connectivity index (χ2n) is 7.18. The van der Waals surface area contributed by atoms with Crippen molar-refractivity contribution in [2.75, 3.05) is 32.6 Å². The number of nitrogens with zero attached hydrogens (tertiary/aromatic N) is 1. The van der Waals surface area contributed by atoms with E-state index in [1.54, 1.807) is 0 Å². The highest BCUT2D eigenvalue weighted by molar-refractivity contribution is 7.88. The highest BCUT2D eigenvalue weighted by atomic mass is 35.5. The number of amides is 1. The summed E-state index contributed by atoms with van der Waals surface area (Å²) < 4.78 is 31.2. The largest absolute Gasteiger partial charge is 0.381 e. The number of carbonyl (C=O) groups is 1. The number of likely N-dealkylation sites (tertiary alicyclic amines) is 1. The van der Waals surface area contributed by atoms with Gasteiger partial charge in [0.15, 0.2) is 0 Å². The van der Waals surface area contributed by atoms with Crippen LogP contribution in [0.15, 0.2) is 24.3 Å². The van der Waals surface area contributed by atoms with Gasteiger partial charge >= 0.3 is 0 Å². The van der Waals surface area contributed by atoms with Gasteiger partial charge in [0.2, 0.25) is 15.9 Å². The smallest absolute Gasteiger partial charge is 0.233 e. The molecule has 1 aromatic rings. The number of piperidine rings is 1. The number of rotatable bonds is 4. The molecule has 2 aliphatic rings. The summed E-state index contributed by atoms with van der Waals surface area (Å²) in [5.74, 6) is 0.0584. The zero-order valence-electron chi connectivity index (χ0n) is 14.9. The van der Waals surface area contributed by atoms with E-state index in [4.69, 9.17) is 16.3 Å². The summed E-state index contributed by atoms with van der Waals surface area (Å²) in [4.78, 5) is 15.3. The Bertz CT molecular complexity index is 745. The van der Waals surface area contributed by atoms with E-state index < -0.39 is 15.4 Å². The number of hydrogen-bond acceptors (Lipinski definition) is 4. The molecule has 2 fully saturated rings. The minimum Gasteiger partial charge on any atom is -0.381 e. The molecule has 26 heavy (non-hydrogen) atoms. The van der Waals surface area contributed by atoms with E-state index in [1.165, 1.54) is 0 Å². The number of carbonyl (C=O) groups excluding carboxylic acids is 1. The summed E-state index contributed by atoms with van der Waals surface area (Å²) >= 11 is 6.02. The van der Waals surface area contributed by atoms with Crippen molar-refractivity contribution in [2.24, 2.45) is 0 Å².